The van der Waals surface area contributed by atoms with E-state index in [2.05, 4.69) is 12.6 Å². The zero-order chi connectivity index (χ0) is 10.7. The molecule has 80 valence electrons. The van der Waals surface area contributed by atoms with E-state index in [1.807, 2.05) is 13.8 Å². The van der Waals surface area contributed by atoms with Crippen LogP contribution in [0, 0.1) is 5.92 Å². The highest BCUT2D eigenvalue weighted by molar-refractivity contribution is 7.81. The Labute approximate surface area is 86.8 Å². The van der Waals surface area contributed by atoms with Crippen LogP contribution in [0.5, 0.6) is 0 Å². The molecular formula is C10H22O2S. The van der Waals surface area contributed by atoms with Crippen molar-refractivity contribution in [1.29, 1.82) is 0 Å². The summed E-state index contributed by atoms with van der Waals surface area (Å²) < 4.78 is -0.304. The lowest BCUT2D eigenvalue weighted by Crippen LogP contribution is -2.38. The summed E-state index contributed by atoms with van der Waals surface area (Å²) >= 11 is 4.52. The number of hydrogen-bond donors (Lipinski definition) is 3. The summed E-state index contributed by atoms with van der Waals surface area (Å²) in [7, 11) is 0. The van der Waals surface area contributed by atoms with Gasteiger partial charge in [-0.1, -0.05) is 13.8 Å². The molecule has 0 fully saturated rings. The van der Waals surface area contributed by atoms with Crippen LogP contribution in [-0.4, -0.2) is 27.2 Å². The Balaban J connectivity index is 4.36. The van der Waals surface area contributed by atoms with Crippen LogP contribution < -0.4 is 0 Å². The molecule has 2 N–H and O–H groups in total. The van der Waals surface area contributed by atoms with Gasteiger partial charge in [0.15, 0.2) is 0 Å². The molecule has 0 aliphatic heterocycles. The monoisotopic (exact) mass is 206 g/mol. The third kappa shape index (κ3) is 4.89. The third-order valence-electron chi connectivity index (χ3n) is 2.38. The Bertz CT molecular complexity index is 145. The van der Waals surface area contributed by atoms with E-state index in [1.54, 1.807) is 13.8 Å². The smallest absolute Gasteiger partial charge is 0.0604 e. The molecular weight excluding hydrogens is 184 g/mol. The number of aliphatic hydroxyl groups excluding tert-OH is 1. The maximum absolute atomic E-state index is 9.66. The fraction of sp³-hybridized carbons (Fsp3) is 1.00. The van der Waals surface area contributed by atoms with Crippen LogP contribution in [0.1, 0.15) is 40.5 Å². The fourth-order valence-corrected chi connectivity index (χ4v) is 2.44. The SMILES string of the molecule is CCC(CO)C(C)(S)CC(C)(C)O. The van der Waals surface area contributed by atoms with Crippen LogP contribution in [0.3, 0.4) is 0 Å². The van der Waals surface area contributed by atoms with Crippen LogP contribution in [0.15, 0.2) is 0 Å². The minimum Gasteiger partial charge on any atom is -0.396 e. The van der Waals surface area contributed by atoms with E-state index in [0.717, 1.165) is 6.42 Å². The van der Waals surface area contributed by atoms with Crippen LogP contribution in [0.25, 0.3) is 0 Å². The summed E-state index contributed by atoms with van der Waals surface area (Å²) in [5, 5.41) is 18.8. The first kappa shape index (κ1) is 13.3. The molecule has 0 heterocycles. The molecule has 13 heavy (non-hydrogen) atoms. The van der Waals surface area contributed by atoms with Crippen molar-refractivity contribution in [3.63, 3.8) is 0 Å². The quantitative estimate of drug-likeness (QED) is 0.601. The molecule has 0 saturated heterocycles. The molecule has 0 spiro atoms. The van der Waals surface area contributed by atoms with Gasteiger partial charge in [0, 0.05) is 11.4 Å². The predicted octanol–water partition coefficient (Wildman–Crippen LogP) is 1.85. The largest absolute Gasteiger partial charge is 0.396 e. The van der Waals surface area contributed by atoms with E-state index in [-0.39, 0.29) is 17.3 Å². The number of hydrogen-bond acceptors (Lipinski definition) is 3. The second-order valence-electron chi connectivity index (χ2n) is 4.63. The lowest BCUT2D eigenvalue weighted by molar-refractivity contribution is 0.0463. The van der Waals surface area contributed by atoms with Gasteiger partial charge < -0.3 is 10.2 Å². The highest BCUT2D eigenvalue weighted by Gasteiger charge is 2.33. The van der Waals surface area contributed by atoms with Gasteiger partial charge in [-0.25, -0.2) is 0 Å². The predicted molar refractivity (Wildman–Crippen MR) is 59.2 cm³/mol. The molecule has 0 aliphatic rings. The molecule has 0 rings (SSSR count). The second kappa shape index (κ2) is 4.67. The van der Waals surface area contributed by atoms with E-state index in [9.17, 15) is 5.11 Å². The van der Waals surface area contributed by atoms with Gasteiger partial charge >= 0.3 is 0 Å². The maximum Gasteiger partial charge on any atom is 0.0604 e. The van der Waals surface area contributed by atoms with E-state index in [4.69, 9.17) is 5.11 Å². The van der Waals surface area contributed by atoms with Gasteiger partial charge in [0.2, 0.25) is 0 Å². The van der Waals surface area contributed by atoms with Crippen molar-refractivity contribution in [1.82, 2.24) is 0 Å². The first-order chi connectivity index (χ1) is 5.73. The molecule has 0 bridgehead atoms. The molecule has 2 nitrogen and oxygen atoms in total. The van der Waals surface area contributed by atoms with Gasteiger partial charge in [-0.15, -0.1) is 0 Å². The Morgan fingerprint density at radius 1 is 1.31 bits per heavy atom. The molecule has 0 aromatic heterocycles. The minimum atomic E-state index is -0.723. The van der Waals surface area contributed by atoms with Crippen molar-refractivity contribution in [3.05, 3.63) is 0 Å². The summed E-state index contributed by atoms with van der Waals surface area (Å²) in [6, 6.07) is 0. The van der Waals surface area contributed by atoms with Gasteiger partial charge in [0.25, 0.3) is 0 Å². The first-order valence-corrected chi connectivity index (χ1v) is 5.23. The average molecular weight is 206 g/mol. The summed E-state index contributed by atoms with van der Waals surface area (Å²) in [4.78, 5) is 0. The molecule has 2 atom stereocenters. The van der Waals surface area contributed by atoms with E-state index in [0.29, 0.717) is 6.42 Å². The summed E-state index contributed by atoms with van der Waals surface area (Å²) in [6.45, 7) is 7.67. The fourth-order valence-electron chi connectivity index (χ4n) is 1.79. The molecule has 0 radical (unpaired) electrons. The highest BCUT2D eigenvalue weighted by Crippen LogP contribution is 2.34. The molecule has 0 aromatic carbocycles. The van der Waals surface area contributed by atoms with E-state index < -0.39 is 5.60 Å². The summed E-state index contributed by atoms with van der Waals surface area (Å²) in [6.07, 6.45) is 1.47. The van der Waals surface area contributed by atoms with Gasteiger partial charge in [0.1, 0.15) is 0 Å². The first-order valence-electron chi connectivity index (χ1n) is 4.78. The normalized spacial score (nSPS) is 19.6. The number of rotatable bonds is 5. The third-order valence-corrected chi connectivity index (χ3v) is 2.91. The van der Waals surface area contributed by atoms with Gasteiger partial charge in [-0.3, -0.25) is 0 Å². The van der Waals surface area contributed by atoms with Crippen molar-refractivity contribution >= 4 is 12.6 Å². The molecule has 2 unspecified atom stereocenters. The highest BCUT2D eigenvalue weighted by atomic mass is 32.1. The molecule has 0 aromatic rings. The molecule has 0 saturated carbocycles. The number of aliphatic hydroxyl groups is 2. The zero-order valence-corrected chi connectivity index (χ0v) is 9.93. The van der Waals surface area contributed by atoms with Crippen molar-refractivity contribution < 1.29 is 10.2 Å². The molecule has 0 aliphatic carbocycles. The Hall–Kier alpha value is 0.270. The zero-order valence-electron chi connectivity index (χ0n) is 9.04. The Morgan fingerprint density at radius 3 is 2.00 bits per heavy atom. The topological polar surface area (TPSA) is 40.5 Å². The van der Waals surface area contributed by atoms with E-state index >= 15 is 0 Å². The summed E-state index contributed by atoms with van der Waals surface area (Å²) in [5.41, 5.74) is -0.723. The Kier molecular flexibility index (Phi) is 4.77. The second-order valence-corrected chi connectivity index (χ2v) is 5.66. The lowest BCUT2D eigenvalue weighted by Gasteiger charge is -2.36. The van der Waals surface area contributed by atoms with Crippen LogP contribution in [-0.2, 0) is 0 Å². The van der Waals surface area contributed by atoms with Crippen molar-refractivity contribution in [3.8, 4) is 0 Å². The van der Waals surface area contributed by atoms with Gasteiger partial charge in [-0.05, 0) is 32.6 Å². The summed E-state index contributed by atoms with van der Waals surface area (Å²) in [5.74, 6) is 0.141. The van der Waals surface area contributed by atoms with Gasteiger partial charge in [-0.2, -0.15) is 12.6 Å². The van der Waals surface area contributed by atoms with Crippen LogP contribution in [0.4, 0.5) is 0 Å². The van der Waals surface area contributed by atoms with Crippen molar-refractivity contribution in [2.75, 3.05) is 6.61 Å². The molecule has 0 amide bonds. The number of thiol groups is 1. The van der Waals surface area contributed by atoms with E-state index in [1.165, 1.54) is 0 Å². The van der Waals surface area contributed by atoms with Gasteiger partial charge in [0.05, 0.1) is 5.60 Å². The van der Waals surface area contributed by atoms with Crippen molar-refractivity contribution in [2.45, 2.75) is 50.9 Å². The lowest BCUT2D eigenvalue weighted by atomic mass is 9.83. The van der Waals surface area contributed by atoms with Crippen LogP contribution >= 0.6 is 12.6 Å². The molecule has 3 heteroatoms. The average Bonchev–Trinajstić information content (AvgIpc) is 1.83. The standard InChI is InChI=1S/C10H22O2S/c1-5-8(6-11)10(4,13)7-9(2,3)12/h8,11-13H,5-7H2,1-4H3. The van der Waals surface area contributed by atoms with Crippen LogP contribution in [0.2, 0.25) is 0 Å². The minimum absolute atomic E-state index is 0.132. The Morgan fingerprint density at radius 2 is 1.77 bits per heavy atom. The van der Waals surface area contributed by atoms with Crippen molar-refractivity contribution in [2.24, 2.45) is 5.92 Å². The maximum atomic E-state index is 9.66.